The number of carbonyl (C=O) groups excluding carboxylic acids is 3. The lowest BCUT2D eigenvalue weighted by Crippen LogP contribution is -2.30. The van der Waals surface area contributed by atoms with Crippen molar-refractivity contribution >= 4 is 17.9 Å². The summed E-state index contributed by atoms with van der Waals surface area (Å²) in [7, 11) is 0. The number of hydrogen-bond acceptors (Lipinski definition) is 6. The zero-order chi connectivity index (χ0) is 45.8. The summed E-state index contributed by atoms with van der Waals surface area (Å²) in [4.78, 5) is 38.0. The Morgan fingerprint density at radius 2 is 0.587 bits per heavy atom. The lowest BCUT2D eigenvalue weighted by Gasteiger charge is -2.18. The average molecular weight is 883 g/mol. The highest BCUT2D eigenvalue weighted by Gasteiger charge is 2.19. The third-order valence-electron chi connectivity index (χ3n) is 11.8. The molecule has 0 saturated heterocycles. The van der Waals surface area contributed by atoms with Gasteiger partial charge in [0.05, 0.1) is 0 Å². The van der Waals surface area contributed by atoms with Crippen LogP contribution in [0.1, 0.15) is 278 Å². The van der Waals surface area contributed by atoms with E-state index in [1.54, 1.807) is 0 Å². The smallest absolute Gasteiger partial charge is 0.306 e. The van der Waals surface area contributed by atoms with Gasteiger partial charge in [-0.15, -0.1) is 0 Å². The molecule has 6 heteroatoms. The number of hydrogen-bond donors (Lipinski definition) is 0. The summed E-state index contributed by atoms with van der Waals surface area (Å²) in [5.41, 5.74) is 0. The molecule has 0 aromatic carbocycles. The van der Waals surface area contributed by atoms with Gasteiger partial charge in [-0.3, -0.25) is 14.4 Å². The highest BCUT2D eigenvalue weighted by molar-refractivity contribution is 5.71. The van der Waals surface area contributed by atoms with Gasteiger partial charge in [0.2, 0.25) is 0 Å². The van der Waals surface area contributed by atoms with Crippen LogP contribution in [0.2, 0.25) is 0 Å². The van der Waals surface area contributed by atoms with E-state index in [1.807, 2.05) is 0 Å². The van der Waals surface area contributed by atoms with Crippen LogP contribution in [0.15, 0.2) is 48.6 Å². The summed E-state index contributed by atoms with van der Waals surface area (Å²) in [5, 5.41) is 0. The second-order valence-electron chi connectivity index (χ2n) is 18.1. The summed E-state index contributed by atoms with van der Waals surface area (Å²) in [6.45, 7) is 6.57. The van der Waals surface area contributed by atoms with Crippen LogP contribution in [0, 0.1) is 0 Å². The van der Waals surface area contributed by atoms with Crippen molar-refractivity contribution in [3.63, 3.8) is 0 Å². The van der Waals surface area contributed by atoms with Gasteiger partial charge < -0.3 is 14.2 Å². The largest absolute Gasteiger partial charge is 0.462 e. The molecule has 366 valence electrons. The Balaban J connectivity index is 4.34. The number of esters is 3. The minimum atomic E-state index is -0.780. The van der Waals surface area contributed by atoms with Gasteiger partial charge in [-0.2, -0.15) is 0 Å². The third kappa shape index (κ3) is 50.2. The number of allylic oxidation sites excluding steroid dienone is 8. The summed E-state index contributed by atoms with van der Waals surface area (Å²) < 4.78 is 16.8. The first-order valence-electron chi connectivity index (χ1n) is 27.1. The minimum absolute atomic E-state index is 0.0804. The number of rotatable bonds is 49. The second-order valence-corrected chi connectivity index (χ2v) is 18.1. The van der Waals surface area contributed by atoms with E-state index in [2.05, 4.69) is 69.4 Å². The van der Waals surface area contributed by atoms with E-state index in [0.717, 1.165) is 83.5 Å². The molecule has 0 saturated carbocycles. The molecule has 0 amide bonds. The maximum atomic E-state index is 12.8. The molecule has 63 heavy (non-hydrogen) atoms. The van der Waals surface area contributed by atoms with Gasteiger partial charge in [0, 0.05) is 19.3 Å². The summed E-state index contributed by atoms with van der Waals surface area (Å²) in [6, 6.07) is 0. The van der Waals surface area contributed by atoms with Gasteiger partial charge in [0.25, 0.3) is 0 Å². The zero-order valence-electron chi connectivity index (χ0n) is 41.8. The van der Waals surface area contributed by atoms with Crippen LogP contribution >= 0.6 is 0 Å². The zero-order valence-corrected chi connectivity index (χ0v) is 41.8. The molecule has 0 spiro atoms. The van der Waals surface area contributed by atoms with E-state index in [9.17, 15) is 14.4 Å². The molecule has 0 N–H and O–H groups in total. The molecule has 0 rings (SSSR count). The third-order valence-corrected chi connectivity index (χ3v) is 11.8. The Labute approximate surface area is 390 Å². The molecule has 0 radical (unpaired) electrons. The van der Waals surface area contributed by atoms with Crippen molar-refractivity contribution < 1.29 is 28.6 Å². The number of carbonyl (C=O) groups is 3. The first-order chi connectivity index (χ1) is 31.0. The maximum Gasteiger partial charge on any atom is 0.306 e. The van der Waals surface area contributed by atoms with Gasteiger partial charge in [0.1, 0.15) is 13.2 Å². The first kappa shape index (κ1) is 60.4. The maximum absolute atomic E-state index is 12.8. The number of unbranched alkanes of at least 4 members (excludes halogenated alkanes) is 30. The molecule has 0 aliphatic heterocycles. The molecule has 1 atom stereocenters. The number of ether oxygens (including phenoxy) is 3. The SMILES string of the molecule is CCCC/C=C\CCCCCCCC(=O)O[C@H](COC(=O)CCCCCCCCC/C=C\C/C=C\CCCCC)COC(=O)CCCCCCCCC/C=C\CCCCCCCC. The van der Waals surface area contributed by atoms with Gasteiger partial charge >= 0.3 is 17.9 Å². The van der Waals surface area contributed by atoms with Crippen molar-refractivity contribution in [3.8, 4) is 0 Å². The van der Waals surface area contributed by atoms with Crippen molar-refractivity contribution in [1.82, 2.24) is 0 Å². The predicted molar refractivity (Wildman–Crippen MR) is 270 cm³/mol. The van der Waals surface area contributed by atoms with E-state index in [4.69, 9.17) is 14.2 Å². The fourth-order valence-electron chi connectivity index (χ4n) is 7.62. The Bertz CT molecular complexity index is 1110. The van der Waals surface area contributed by atoms with E-state index >= 15 is 0 Å². The van der Waals surface area contributed by atoms with Crippen molar-refractivity contribution in [2.75, 3.05) is 13.2 Å². The van der Waals surface area contributed by atoms with Crippen molar-refractivity contribution in [1.29, 1.82) is 0 Å². The second kappa shape index (κ2) is 52.0. The molecule has 0 aromatic heterocycles. The van der Waals surface area contributed by atoms with Gasteiger partial charge in [0.15, 0.2) is 6.10 Å². The lowest BCUT2D eigenvalue weighted by molar-refractivity contribution is -0.167. The van der Waals surface area contributed by atoms with Crippen LogP contribution in [-0.2, 0) is 28.6 Å². The summed E-state index contributed by atoms with van der Waals surface area (Å²) >= 11 is 0. The van der Waals surface area contributed by atoms with E-state index in [1.165, 1.54) is 154 Å². The van der Waals surface area contributed by atoms with Crippen LogP contribution in [0.3, 0.4) is 0 Å². The Morgan fingerprint density at radius 1 is 0.317 bits per heavy atom. The average Bonchev–Trinajstić information content (AvgIpc) is 3.28. The van der Waals surface area contributed by atoms with Crippen molar-refractivity contribution in [2.45, 2.75) is 284 Å². The predicted octanol–water partition coefficient (Wildman–Crippen LogP) is 17.9. The molecule has 6 nitrogen and oxygen atoms in total. The molecule has 0 heterocycles. The molecule has 0 fully saturated rings. The minimum Gasteiger partial charge on any atom is -0.462 e. The van der Waals surface area contributed by atoms with Gasteiger partial charge in [-0.25, -0.2) is 0 Å². The van der Waals surface area contributed by atoms with E-state index in [0.29, 0.717) is 19.3 Å². The highest BCUT2D eigenvalue weighted by Crippen LogP contribution is 2.15. The molecule has 0 aliphatic rings. The van der Waals surface area contributed by atoms with Crippen LogP contribution < -0.4 is 0 Å². The molecule has 0 unspecified atom stereocenters. The Hall–Kier alpha value is -2.63. The fraction of sp³-hybridized carbons (Fsp3) is 0.807. The first-order valence-corrected chi connectivity index (χ1v) is 27.1. The monoisotopic (exact) mass is 883 g/mol. The molecule has 0 bridgehead atoms. The quantitative estimate of drug-likeness (QED) is 0.0262. The lowest BCUT2D eigenvalue weighted by atomic mass is 10.1. The van der Waals surface area contributed by atoms with Gasteiger partial charge in [-0.05, 0) is 96.3 Å². The molecular weight excluding hydrogens is 781 g/mol. The summed E-state index contributed by atoms with van der Waals surface area (Å²) in [5.74, 6) is -0.894. The van der Waals surface area contributed by atoms with Crippen molar-refractivity contribution in [3.05, 3.63) is 48.6 Å². The van der Waals surface area contributed by atoms with Crippen LogP contribution in [0.25, 0.3) is 0 Å². The molecule has 0 aliphatic carbocycles. The molecular formula is C57H102O6. The van der Waals surface area contributed by atoms with Crippen LogP contribution in [0.5, 0.6) is 0 Å². The Morgan fingerprint density at radius 3 is 0.968 bits per heavy atom. The van der Waals surface area contributed by atoms with Crippen LogP contribution in [-0.4, -0.2) is 37.2 Å². The topological polar surface area (TPSA) is 78.9 Å². The van der Waals surface area contributed by atoms with Crippen LogP contribution in [0.4, 0.5) is 0 Å². The fourth-order valence-corrected chi connectivity index (χ4v) is 7.62. The Kier molecular flexibility index (Phi) is 49.8. The highest BCUT2D eigenvalue weighted by atomic mass is 16.6. The summed E-state index contributed by atoms with van der Waals surface area (Å²) in [6.07, 6.45) is 62.4. The van der Waals surface area contributed by atoms with E-state index in [-0.39, 0.29) is 31.1 Å². The standard InChI is InChI=1S/C57H102O6/c1-4-7-10-13-16-19-22-24-26-28-30-32-35-37-40-43-46-49-55(58)61-52-54(63-57(60)51-48-45-42-39-34-21-18-15-12-9-6-3)53-62-56(59)50-47-44-41-38-36-33-31-29-27-25-23-20-17-14-11-8-5-2/h15-16,18-19,24-27,54H,4-14,17,20-23,28-53H2,1-3H3/b18-15-,19-16-,26-24-,27-25-/t54-/m1/s1. The van der Waals surface area contributed by atoms with E-state index < -0.39 is 6.10 Å². The van der Waals surface area contributed by atoms with Crippen molar-refractivity contribution in [2.24, 2.45) is 0 Å². The normalized spacial score (nSPS) is 12.4. The molecule has 0 aromatic rings. The van der Waals surface area contributed by atoms with Gasteiger partial charge in [-0.1, -0.05) is 211 Å².